The number of nitrogens with two attached hydrogens (primary N) is 1. The number of halogens is 1. The molecule has 0 aliphatic carbocycles. The fourth-order valence-corrected chi connectivity index (χ4v) is 2.47. The third-order valence-corrected chi connectivity index (χ3v) is 3.68. The Kier molecular flexibility index (Phi) is 5.34. The van der Waals surface area contributed by atoms with Gasteiger partial charge in [0.05, 0.1) is 7.11 Å². The van der Waals surface area contributed by atoms with Gasteiger partial charge >= 0.3 is 0 Å². The Bertz CT molecular complexity index is 580. The van der Waals surface area contributed by atoms with E-state index in [0.29, 0.717) is 5.92 Å². The summed E-state index contributed by atoms with van der Waals surface area (Å²) in [6.07, 6.45) is 2.06. The number of rotatable bonds is 6. The predicted molar refractivity (Wildman–Crippen MR) is 84.9 cm³/mol. The molecule has 2 nitrogen and oxygen atoms in total. The number of benzene rings is 2. The lowest BCUT2D eigenvalue weighted by atomic mass is 9.96. The number of methoxy groups -OCH3 is 1. The molecule has 1 atom stereocenters. The Morgan fingerprint density at radius 3 is 2.33 bits per heavy atom. The lowest BCUT2D eigenvalue weighted by molar-refractivity contribution is 0.386. The summed E-state index contributed by atoms with van der Waals surface area (Å²) in [6, 6.07) is 13.3. The molecule has 112 valence electrons. The van der Waals surface area contributed by atoms with E-state index >= 15 is 0 Å². The van der Waals surface area contributed by atoms with Gasteiger partial charge in [-0.3, -0.25) is 0 Å². The molecule has 0 radical (unpaired) electrons. The van der Waals surface area contributed by atoms with Crippen molar-refractivity contribution in [1.29, 1.82) is 0 Å². The summed E-state index contributed by atoms with van der Waals surface area (Å²) in [5, 5.41) is 0. The van der Waals surface area contributed by atoms with Crippen molar-refractivity contribution in [2.24, 2.45) is 11.7 Å². The van der Waals surface area contributed by atoms with Crippen LogP contribution in [0, 0.1) is 11.7 Å². The molecule has 0 aliphatic heterocycles. The molecular weight excluding hydrogens is 265 g/mol. The lowest BCUT2D eigenvalue weighted by Gasteiger charge is -2.11. The van der Waals surface area contributed by atoms with Gasteiger partial charge in [-0.15, -0.1) is 0 Å². The normalized spacial score (nSPS) is 12.2. The van der Waals surface area contributed by atoms with Crippen LogP contribution < -0.4 is 10.5 Å². The molecule has 2 rings (SSSR count). The van der Waals surface area contributed by atoms with Crippen LogP contribution in [0.15, 0.2) is 42.5 Å². The molecule has 0 saturated carbocycles. The highest BCUT2D eigenvalue weighted by Crippen LogP contribution is 2.26. The van der Waals surface area contributed by atoms with Gasteiger partial charge in [-0.2, -0.15) is 0 Å². The average molecular weight is 287 g/mol. The van der Waals surface area contributed by atoms with Crippen LogP contribution in [0.3, 0.4) is 0 Å². The maximum Gasteiger partial charge on any atom is 0.165 e. The van der Waals surface area contributed by atoms with E-state index in [1.54, 1.807) is 6.07 Å². The van der Waals surface area contributed by atoms with Crippen molar-refractivity contribution in [3.63, 3.8) is 0 Å². The van der Waals surface area contributed by atoms with Crippen LogP contribution in [-0.2, 0) is 6.42 Å². The minimum absolute atomic E-state index is 0.269. The van der Waals surface area contributed by atoms with Crippen LogP contribution in [0.4, 0.5) is 4.39 Å². The fraction of sp³-hybridized carbons (Fsp3) is 0.333. The van der Waals surface area contributed by atoms with Crippen molar-refractivity contribution in [3.05, 3.63) is 53.8 Å². The summed E-state index contributed by atoms with van der Waals surface area (Å²) in [5.74, 6) is 0.515. The Labute approximate surface area is 125 Å². The van der Waals surface area contributed by atoms with Crippen LogP contribution >= 0.6 is 0 Å². The zero-order valence-corrected chi connectivity index (χ0v) is 12.6. The van der Waals surface area contributed by atoms with Gasteiger partial charge in [0.1, 0.15) is 0 Å². The van der Waals surface area contributed by atoms with E-state index in [9.17, 15) is 4.39 Å². The molecule has 21 heavy (non-hydrogen) atoms. The van der Waals surface area contributed by atoms with Crippen LogP contribution in [0.25, 0.3) is 11.1 Å². The van der Waals surface area contributed by atoms with E-state index in [2.05, 4.69) is 19.1 Å². The Morgan fingerprint density at radius 1 is 1.10 bits per heavy atom. The highest BCUT2D eigenvalue weighted by molar-refractivity contribution is 5.64. The van der Waals surface area contributed by atoms with Crippen molar-refractivity contribution in [2.45, 2.75) is 19.8 Å². The van der Waals surface area contributed by atoms with Gasteiger partial charge in [0.15, 0.2) is 11.6 Å². The van der Waals surface area contributed by atoms with Gasteiger partial charge in [0, 0.05) is 0 Å². The first-order valence-corrected chi connectivity index (χ1v) is 7.27. The van der Waals surface area contributed by atoms with Crippen molar-refractivity contribution in [3.8, 4) is 16.9 Å². The number of ether oxygens (including phenoxy) is 1. The zero-order valence-electron chi connectivity index (χ0n) is 12.6. The summed E-state index contributed by atoms with van der Waals surface area (Å²) >= 11 is 0. The summed E-state index contributed by atoms with van der Waals surface area (Å²) in [5.41, 5.74) is 8.72. The van der Waals surface area contributed by atoms with Gasteiger partial charge in [-0.25, -0.2) is 4.39 Å². The molecule has 0 spiro atoms. The molecule has 0 heterocycles. The molecule has 2 N–H and O–H groups in total. The molecule has 0 aliphatic rings. The van der Waals surface area contributed by atoms with E-state index < -0.39 is 0 Å². The largest absolute Gasteiger partial charge is 0.494 e. The van der Waals surface area contributed by atoms with E-state index in [1.165, 1.54) is 18.7 Å². The first kappa shape index (κ1) is 15.5. The summed E-state index contributed by atoms with van der Waals surface area (Å²) in [4.78, 5) is 0. The third-order valence-electron chi connectivity index (χ3n) is 3.68. The van der Waals surface area contributed by atoms with E-state index in [1.807, 2.05) is 18.2 Å². The first-order valence-electron chi connectivity index (χ1n) is 7.27. The number of hydrogen-bond donors (Lipinski definition) is 1. The highest BCUT2D eigenvalue weighted by atomic mass is 19.1. The summed E-state index contributed by atoms with van der Waals surface area (Å²) in [6.45, 7) is 2.93. The van der Waals surface area contributed by atoms with Gasteiger partial charge in [-0.05, 0) is 54.1 Å². The second-order valence-electron chi connectivity index (χ2n) is 5.43. The van der Waals surface area contributed by atoms with Crippen LogP contribution in [-0.4, -0.2) is 13.7 Å². The second-order valence-corrected chi connectivity index (χ2v) is 5.43. The van der Waals surface area contributed by atoms with Crippen LogP contribution in [0.2, 0.25) is 0 Å². The molecule has 0 fully saturated rings. The topological polar surface area (TPSA) is 35.2 Å². The monoisotopic (exact) mass is 287 g/mol. The molecular formula is C18H22FNO. The highest BCUT2D eigenvalue weighted by Gasteiger charge is 2.06. The average Bonchev–Trinajstić information content (AvgIpc) is 2.48. The van der Waals surface area contributed by atoms with Crippen molar-refractivity contribution in [2.75, 3.05) is 13.7 Å². The fourth-order valence-electron chi connectivity index (χ4n) is 2.47. The number of hydrogen-bond acceptors (Lipinski definition) is 2. The van der Waals surface area contributed by atoms with Gasteiger partial charge < -0.3 is 10.5 Å². The zero-order chi connectivity index (χ0) is 15.2. The maximum atomic E-state index is 13.7. The minimum Gasteiger partial charge on any atom is -0.494 e. The third kappa shape index (κ3) is 4.05. The van der Waals surface area contributed by atoms with E-state index in [-0.39, 0.29) is 11.6 Å². The van der Waals surface area contributed by atoms with Crippen molar-refractivity contribution in [1.82, 2.24) is 0 Å². The minimum atomic E-state index is -0.337. The molecule has 0 bridgehead atoms. The SMILES string of the molecule is COc1ccc(-c2ccc(CC(C)CCN)cc2)cc1F. The van der Waals surface area contributed by atoms with Crippen LogP contribution in [0.1, 0.15) is 18.9 Å². The molecule has 2 aromatic carbocycles. The van der Waals surface area contributed by atoms with Crippen molar-refractivity contribution < 1.29 is 9.13 Å². The van der Waals surface area contributed by atoms with E-state index in [4.69, 9.17) is 10.5 Å². The van der Waals surface area contributed by atoms with Crippen molar-refractivity contribution >= 4 is 0 Å². The Hall–Kier alpha value is -1.87. The summed E-state index contributed by atoms with van der Waals surface area (Å²) in [7, 11) is 1.47. The lowest BCUT2D eigenvalue weighted by Crippen LogP contribution is -2.07. The second kappa shape index (κ2) is 7.23. The Morgan fingerprint density at radius 2 is 1.76 bits per heavy atom. The standard InChI is InChI=1S/C18H22FNO/c1-13(9-10-20)11-14-3-5-15(6-4-14)16-7-8-18(21-2)17(19)12-16/h3-8,12-13H,9-11,20H2,1-2H3. The summed E-state index contributed by atoms with van der Waals surface area (Å²) < 4.78 is 18.7. The van der Waals surface area contributed by atoms with Crippen LogP contribution in [0.5, 0.6) is 5.75 Å². The molecule has 3 heteroatoms. The molecule has 0 aromatic heterocycles. The first-order chi connectivity index (χ1) is 10.1. The van der Waals surface area contributed by atoms with Gasteiger partial charge in [0.25, 0.3) is 0 Å². The van der Waals surface area contributed by atoms with Gasteiger partial charge in [0.2, 0.25) is 0 Å². The molecule has 0 amide bonds. The Balaban J connectivity index is 2.13. The molecule has 1 unspecified atom stereocenters. The molecule has 0 saturated heterocycles. The molecule has 2 aromatic rings. The van der Waals surface area contributed by atoms with E-state index in [0.717, 1.165) is 30.5 Å². The smallest absolute Gasteiger partial charge is 0.165 e. The van der Waals surface area contributed by atoms with Gasteiger partial charge in [-0.1, -0.05) is 37.3 Å². The quantitative estimate of drug-likeness (QED) is 0.870. The maximum absolute atomic E-state index is 13.7. The predicted octanol–water partition coefficient (Wildman–Crippen LogP) is 4.03.